The van der Waals surface area contributed by atoms with E-state index in [-0.39, 0.29) is 18.9 Å². The topological polar surface area (TPSA) is 307 Å². The molecule has 12 N–H and O–H groups in total. The third-order valence-electron chi connectivity index (χ3n) is 20.2. The molecule has 3 rings (SSSR count). The van der Waals surface area contributed by atoms with Crippen molar-refractivity contribution in [1.82, 2.24) is 5.32 Å². The average Bonchev–Trinajstić information content (AvgIpc) is 0.782. The summed E-state index contributed by atoms with van der Waals surface area (Å²) in [4.78, 5) is 13.5. The first-order valence-electron chi connectivity index (χ1n) is 41.3. The highest BCUT2D eigenvalue weighted by Gasteiger charge is 2.54. The molecule has 17 unspecified atom stereocenters. The number of rotatable bonds is 65. The second-order valence-electron chi connectivity index (χ2n) is 29.2. The summed E-state index contributed by atoms with van der Waals surface area (Å²) >= 11 is 0. The molecule has 598 valence electrons. The Labute approximate surface area is 622 Å². The van der Waals surface area contributed by atoms with Crippen LogP contribution in [0.4, 0.5) is 0 Å². The number of unbranched alkanes of at least 4 members (excludes halogenated alkanes) is 37. The van der Waals surface area contributed by atoms with Gasteiger partial charge in [0.25, 0.3) is 0 Å². The number of allylic oxidation sites excluding steroid dienone is 13. The van der Waals surface area contributed by atoms with Gasteiger partial charge in [-0.3, -0.25) is 4.79 Å². The Morgan fingerprint density at radius 1 is 0.359 bits per heavy atom. The van der Waals surface area contributed by atoms with Crippen LogP contribution in [0.1, 0.15) is 309 Å². The Balaban J connectivity index is 1.29. The van der Waals surface area contributed by atoms with Gasteiger partial charge in [0.05, 0.1) is 38.6 Å². The molecule has 3 saturated heterocycles. The van der Waals surface area contributed by atoms with Gasteiger partial charge >= 0.3 is 0 Å². The first-order valence-corrected chi connectivity index (χ1v) is 41.3. The molecule has 0 radical (unpaired) electrons. The van der Waals surface area contributed by atoms with Crippen molar-refractivity contribution in [2.45, 2.75) is 413 Å². The highest BCUT2D eigenvalue weighted by atomic mass is 16.8. The lowest BCUT2D eigenvalue weighted by atomic mass is 9.96. The van der Waals surface area contributed by atoms with Crippen molar-refractivity contribution in [2.24, 2.45) is 0 Å². The molecule has 0 aliphatic carbocycles. The molecule has 3 aliphatic heterocycles. The van der Waals surface area contributed by atoms with E-state index in [9.17, 15) is 61.0 Å². The molecule has 3 aliphatic rings. The van der Waals surface area contributed by atoms with Crippen molar-refractivity contribution >= 4 is 5.91 Å². The fourth-order valence-corrected chi connectivity index (χ4v) is 13.6. The largest absolute Gasteiger partial charge is 0.394 e. The number of aliphatic hydroxyl groups excluding tert-OH is 11. The van der Waals surface area contributed by atoms with Gasteiger partial charge in [-0.15, -0.1) is 0 Å². The van der Waals surface area contributed by atoms with Crippen LogP contribution in [-0.4, -0.2) is 193 Å². The van der Waals surface area contributed by atoms with E-state index in [2.05, 4.69) is 92.1 Å². The average molecular weight is 1460 g/mol. The summed E-state index contributed by atoms with van der Waals surface area (Å²) < 4.78 is 34.4. The van der Waals surface area contributed by atoms with E-state index in [0.29, 0.717) is 12.8 Å². The summed E-state index contributed by atoms with van der Waals surface area (Å²) in [5.41, 5.74) is 0. The van der Waals surface area contributed by atoms with Crippen LogP contribution in [0.5, 0.6) is 0 Å². The zero-order valence-electron chi connectivity index (χ0n) is 64.0. The van der Waals surface area contributed by atoms with Gasteiger partial charge in [-0.05, 0) is 83.5 Å². The van der Waals surface area contributed by atoms with Gasteiger partial charge in [0, 0.05) is 6.42 Å². The van der Waals surface area contributed by atoms with Crippen molar-refractivity contribution in [1.29, 1.82) is 0 Å². The molecule has 19 nitrogen and oxygen atoms in total. The van der Waals surface area contributed by atoms with E-state index in [1.807, 2.05) is 6.08 Å². The third-order valence-corrected chi connectivity index (χ3v) is 20.2. The number of ether oxygens (including phenoxy) is 6. The third kappa shape index (κ3) is 43.7. The molecule has 19 heteroatoms. The number of hydrogen-bond acceptors (Lipinski definition) is 18. The van der Waals surface area contributed by atoms with Crippen molar-refractivity contribution < 1.29 is 89.4 Å². The predicted octanol–water partition coefficient (Wildman–Crippen LogP) is 14.2. The minimum absolute atomic E-state index is 0.233. The quantitative estimate of drug-likeness (QED) is 0.0199. The zero-order valence-corrected chi connectivity index (χ0v) is 64.0. The second kappa shape index (κ2) is 63.9. The van der Waals surface area contributed by atoms with Crippen LogP contribution in [0, 0.1) is 0 Å². The summed E-state index contributed by atoms with van der Waals surface area (Å²) in [6.45, 7) is 1.61. The summed E-state index contributed by atoms with van der Waals surface area (Å²) in [7, 11) is 0. The minimum Gasteiger partial charge on any atom is -0.394 e. The van der Waals surface area contributed by atoms with E-state index in [1.54, 1.807) is 6.08 Å². The number of aliphatic hydroxyl groups is 11. The Kier molecular flexibility index (Phi) is 58.4. The monoisotopic (exact) mass is 1460 g/mol. The fraction of sp³-hybridized carbons (Fsp3) is 0.821. The van der Waals surface area contributed by atoms with Crippen LogP contribution in [0.25, 0.3) is 0 Å². The second-order valence-corrected chi connectivity index (χ2v) is 29.2. The van der Waals surface area contributed by atoms with Gasteiger partial charge in [0.1, 0.15) is 73.2 Å². The van der Waals surface area contributed by atoms with Crippen LogP contribution in [-0.2, 0) is 33.2 Å². The van der Waals surface area contributed by atoms with E-state index in [4.69, 9.17) is 28.4 Å². The van der Waals surface area contributed by atoms with Crippen LogP contribution in [0.2, 0.25) is 0 Å². The van der Waals surface area contributed by atoms with Crippen molar-refractivity contribution in [3.63, 3.8) is 0 Å². The maximum atomic E-state index is 13.5. The number of nitrogens with one attached hydrogen (secondary N) is 1. The Bertz CT molecular complexity index is 2190. The summed E-state index contributed by atoms with van der Waals surface area (Å²) in [6.07, 6.45) is 58.9. The van der Waals surface area contributed by atoms with Crippen molar-refractivity contribution in [3.8, 4) is 0 Å². The molecule has 17 atom stereocenters. The maximum absolute atomic E-state index is 13.5. The zero-order chi connectivity index (χ0) is 74.6. The molecule has 3 fully saturated rings. The lowest BCUT2D eigenvalue weighted by molar-refractivity contribution is -0.379. The normalized spacial score (nSPS) is 26.5. The van der Waals surface area contributed by atoms with Crippen LogP contribution in [0.15, 0.2) is 85.1 Å². The molecule has 3 heterocycles. The Hall–Kier alpha value is -3.03. The smallest absolute Gasteiger partial charge is 0.220 e. The highest BCUT2D eigenvalue weighted by molar-refractivity contribution is 5.76. The number of hydrogen-bond donors (Lipinski definition) is 12. The maximum Gasteiger partial charge on any atom is 0.220 e. The van der Waals surface area contributed by atoms with Crippen LogP contribution < -0.4 is 5.32 Å². The molecule has 0 aromatic carbocycles. The van der Waals surface area contributed by atoms with E-state index in [1.165, 1.54) is 205 Å². The fourth-order valence-electron chi connectivity index (χ4n) is 13.6. The molecule has 0 aromatic rings. The molecule has 0 bridgehead atoms. The molecule has 1 amide bonds. The SMILES string of the molecule is CC/C=C\C/C=C\C/C=C\C/C=C\CCCCCCCCCCCCCCCCCCCCCCCCCCCCCCC(=O)NC(COC1OC(CO)C(OC2OC(CO)C(OC3OC(CO)C(O)C(O)C3O)C(O)C2O)C(O)C1O)C(O)/C=C/CC/C=C/CC/C=C/CCCCCCCCC. The lowest BCUT2D eigenvalue weighted by Crippen LogP contribution is -2.66. The number of carbonyl (C=O) groups excluding carboxylic acids is 1. The summed E-state index contributed by atoms with van der Waals surface area (Å²) in [6, 6.07) is -0.998. The predicted molar refractivity (Wildman–Crippen MR) is 411 cm³/mol. The van der Waals surface area contributed by atoms with E-state index >= 15 is 0 Å². The minimum atomic E-state index is -1.98. The van der Waals surface area contributed by atoms with Crippen molar-refractivity contribution in [3.05, 3.63) is 85.1 Å². The van der Waals surface area contributed by atoms with Crippen molar-refractivity contribution in [2.75, 3.05) is 26.4 Å². The molecule has 0 spiro atoms. The van der Waals surface area contributed by atoms with Gasteiger partial charge in [-0.25, -0.2) is 0 Å². The van der Waals surface area contributed by atoms with Crippen LogP contribution in [0.3, 0.4) is 0 Å². The highest BCUT2D eigenvalue weighted by Crippen LogP contribution is 2.33. The number of carbonyl (C=O) groups is 1. The van der Waals surface area contributed by atoms with Gasteiger partial charge in [0.2, 0.25) is 5.91 Å². The number of amides is 1. The summed E-state index contributed by atoms with van der Waals surface area (Å²) in [5.74, 6) is -0.286. The Morgan fingerprint density at radius 3 is 1.09 bits per heavy atom. The molecule has 103 heavy (non-hydrogen) atoms. The first-order chi connectivity index (χ1) is 50.3. The molecule has 0 saturated carbocycles. The molecular formula is C84H149NO18. The van der Waals surface area contributed by atoms with Crippen LogP contribution >= 0.6 is 0 Å². The lowest BCUT2D eigenvalue weighted by Gasteiger charge is -2.48. The van der Waals surface area contributed by atoms with E-state index < -0.39 is 124 Å². The first kappa shape index (κ1) is 94.2. The standard InChI is InChI=1S/C84H149NO18/c1-3-5-7-9-11-13-15-17-19-21-22-23-24-25-26-27-28-29-30-31-32-33-34-35-36-37-38-39-40-41-42-43-44-46-48-50-52-54-56-58-60-62-72(90)85-67(68(89)61-59-57-55-53-51-49-47-45-20-18-16-14-12-10-8-6-4-2)66-98-82-78(96)75(93)80(70(64-87)100-82)103-84-79(97)76(94)81(71(65-88)101-84)102-83-77(95)74(92)73(91)69(63-86)99-83/h5,7,11,13,17,19-20,22-23,45,51,53,59,61,67-71,73-84,86-89,91-97H,3-4,6,8-10,12,14-16,18,21,24-44,46-50,52,54-58,60,62-66H2,1-2H3,(H,85,90)/b7-5-,13-11-,19-17-,23-22-,45-20+,53-51+,61-59+. The summed E-state index contributed by atoms with van der Waals surface area (Å²) in [5, 5.41) is 121. The van der Waals surface area contributed by atoms with Gasteiger partial charge in [-0.2, -0.15) is 0 Å². The van der Waals surface area contributed by atoms with Gasteiger partial charge in [0.15, 0.2) is 18.9 Å². The molecule has 0 aromatic heterocycles. The molecular weight excluding hydrogens is 1310 g/mol. The van der Waals surface area contributed by atoms with E-state index in [0.717, 1.165) is 70.6 Å². The van der Waals surface area contributed by atoms with Gasteiger partial charge in [-0.1, -0.05) is 304 Å². The Morgan fingerprint density at radius 2 is 0.680 bits per heavy atom. The van der Waals surface area contributed by atoms with Gasteiger partial charge < -0.3 is 89.9 Å².